The molecule has 8 nitrogen and oxygen atoms in total. The van der Waals surface area contributed by atoms with Gasteiger partial charge in [-0.2, -0.15) is 0 Å². The first kappa shape index (κ1) is 66.8. The lowest BCUT2D eigenvalue weighted by atomic mass is 10.0. The van der Waals surface area contributed by atoms with Crippen LogP contribution in [0.5, 0.6) is 0 Å². The van der Waals surface area contributed by atoms with Gasteiger partial charge in [0.15, 0.2) is 6.10 Å². The molecule has 0 aliphatic carbocycles. The molecule has 0 saturated heterocycles. The first-order chi connectivity index (χ1) is 33.6. The summed E-state index contributed by atoms with van der Waals surface area (Å²) in [6, 6.07) is -0.724. The summed E-state index contributed by atoms with van der Waals surface area (Å²) in [5.41, 5.74) is 0. The summed E-state index contributed by atoms with van der Waals surface area (Å²) in [5, 5.41) is 11.7. The third kappa shape index (κ3) is 50.5. The van der Waals surface area contributed by atoms with E-state index in [4.69, 9.17) is 14.2 Å². The van der Waals surface area contributed by atoms with Crippen LogP contribution in [-0.4, -0.2) is 75.5 Å². The van der Waals surface area contributed by atoms with Crippen LogP contribution in [0.3, 0.4) is 0 Å². The van der Waals surface area contributed by atoms with Crippen molar-refractivity contribution in [3.05, 3.63) is 24.3 Å². The normalized spacial score (nSPS) is 12.9. The Morgan fingerprint density at radius 3 is 1.12 bits per heavy atom. The SMILES string of the molecule is CCCCCCC/C=C\C/C=C\CCCCCCCCCCCCCC(=O)OC(COCCC(C(=O)[O-])[N+](C)(C)C)COC(=O)CCCCCCCCCCCCCCCCCCCCCCCC. The molecule has 0 fully saturated rings. The predicted molar refractivity (Wildman–Crippen MR) is 291 cm³/mol. The van der Waals surface area contributed by atoms with Gasteiger partial charge in [0.1, 0.15) is 12.6 Å². The summed E-state index contributed by atoms with van der Waals surface area (Å²) < 4.78 is 17.3. The van der Waals surface area contributed by atoms with Crippen LogP contribution in [0.25, 0.3) is 0 Å². The molecular formula is C61H115NO7. The fraction of sp³-hybridized carbons (Fsp3) is 0.885. The van der Waals surface area contributed by atoms with E-state index in [1.807, 2.05) is 21.1 Å². The van der Waals surface area contributed by atoms with Gasteiger partial charge in [0.2, 0.25) is 0 Å². The van der Waals surface area contributed by atoms with E-state index < -0.39 is 18.1 Å². The number of carboxylic acid groups (broad SMARTS) is 1. The number of carbonyl (C=O) groups is 3. The molecule has 2 unspecified atom stereocenters. The Hall–Kier alpha value is -2.19. The maximum Gasteiger partial charge on any atom is 0.306 e. The van der Waals surface area contributed by atoms with Crippen molar-refractivity contribution in [2.24, 2.45) is 0 Å². The van der Waals surface area contributed by atoms with Crippen LogP contribution in [0, 0.1) is 0 Å². The first-order valence-electron chi connectivity index (χ1n) is 29.9. The number of nitrogens with zero attached hydrogens (tertiary/aromatic N) is 1. The summed E-state index contributed by atoms with van der Waals surface area (Å²) in [7, 11) is 5.44. The van der Waals surface area contributed by atoms with Gasteiger partial charge in [-0.05, 0) is 44.9 Å². The molecule has 0 N–H and O–H groups in total. The molecule has 0 aromatic heterocycles. The smallest absolute Gasteiger partial charge is 0.306 e. The van der Waals surface area contributed by atoms with E-state index in [-0.39, 0.29) is 42.7 Å². The van der Waals surface area contributed by atoms with E-state index in [1.54, 1.807) is 0 Å². The number of hydrogen-bond donors (Lipinski definition) is 0. The molecule has 406 valence electrons. The Morgan fingerprint density at radius 2 is 0.768 bits per heavy atom. The molecule has 0 heterocycles. The minimum absolute atomic E-state index is 0.0452. The third-order valence-electron chi connectivity index (χ3n) is 13.8. The van der Waals surface area contributed by atoms with Crippen LogP contribution < -0.4 is 5.11 Å². The lowest BCUT2D eigenvalue weighted by Crippen LogP contribution is -2.55. The van der Waals surface area contributed by atoms with Crippen LogP contribution in [0.1, 0.15) is 296 Å². The van der Waals surface area contributed by atoms with Gasteiger partial charge in [-0.3, -0.25) is 9.59 Å². The number of carbonyl (C=O) groups excluding carboxylic acids is 3. The second-order valence-electron chi connectivity index (χ2n) is 21.6. The number of likely N-dealkylation sites (N-methyl/N-ethyl adjacent to an activating group) is 1. The van der Waals surface area contributed by atoms with Crippen LogP contribution in [0.4, 0.5) is 0 Å². The van der Waals surface area contributed by atoms with Crippen molar-refractivity contribution in [2.75, 3.05) is 41.0 Å². The van der Waals surface area contributed by atoms with Gasteiger partial charge in [-0.25, -0.2) is 0 Å². The standard InChI is InChI=1S/C61H115NO7/c1-6-8-10-12-14-16-18-20-22-24-26-28-30-32-34-36-38-40-42-44-46-48-50-52-60(64)69-57(55-67-54-53-58(61(65)66)62(3,4)5)56-68-59(63)51-49-47-45-43-41-39-37-35-33-31-29-27-25-23-21-19-17-15-13-11-9-7-2/h18,20,24,26,57-58H,6-17,19,21-23,25,27-56H2,1-5H3/b20-18-,26-24-. The Balaban J connectivity index is 4.12. The number of rotatable bonds is 55. The molecule has 0 bridgehead atoms. The number of esters is 2. The van der Waals surface area contributed by atoms with Crippen molar-refractivity contribution in [3.8, 4) is 0 Å². The molecule has 0 amide bonds. The maximum absolute atomic E-state index is 12.8. The minimum atomic E-state index is -1.12. The van der Waals surface area contributed by atoms with Gasteiger partial charge in [0.25, 0.3) is 0 Å². The van der Waals surface area contributed by atoms with Crippen LogP contribution in [0.15, 0.2) is 24.3 Å². The fourth-order valence-electron chi connectivity index (χ4n) is 9.22. The number of quaternary nitrogens is 1. The average molecular weight is 975 g/mol. The van der Waals surface area contributed by atoms with Crippen LogP contribution in [0.2, 0.25) is 0 Å². The molecular weight excluding hydrogens is 859 g/mol. The number of unbranched alkanes of at least 4 members (excludes halogenated alkanes) is 37. The molecule has 0 spiro atoms. The quantitative estimate of drug-likeness (QED) is 0.0259. The average Bonchev–Trinajstić information content (AvgIpc) is 3.31. The predicted octanol–water partition coefficient (Wildman–Crippen LogP) is 16.6. The van der Waals surface area contributed by atoms with Gasteiger partial charge in [-0.1, -0.05) is 256 Å². The fourth-order valence-corrected chi connectivity index (χ4v) is 9.22. The molecule has 0 radical (unpaired) electrons. The van der Waals surface area contributed by atoms with E-state index in [0.717, 1.165) is 44.9 Å². The Kier molecular flexibility index (Phi) is 50.5. The Labute approximate surface area is 428 Å². The molecule has 0 saturated carbocycles. The summed E-state index contributed by atoms with van der Waals surface area (Å²) in [6.45, 7) is 4.71. The number of carboxylic acids is 1. The molecule has 8 heteroatoms. The van der Waals surface area contributed by atoms with E-state index in [2.05, 4.69) is 38.2 Å². The summed E-state index contributed by atoms with van der Waals surface area (Å²) in [4.78, 5) is 37.2. The van der Waals surface area contributed by atoms with E-state index in [9.17, 15) is 19.5 Å². The highest BCUT2D eigenvalue weighted by molar-refractivity contribution is 5.70. The molecule has 0 aliphatic heterocycles. The Bertz CT molecular complexity index is 1180. The van der Waals surface area contributed by atoms with Crippen LogP contribution >= 0.6 is 0 Å². The van der Waals surface area contributed by atoms with Crippen molar-refractivity contribution in [3.63, 3.8) is 0 Å². The van der Waals surface area contributed by atoms with Gasteiger partial charge >= 0.3 is 11.9 Å². The second kappa shape index (κ2) is 52.1. The summed E-state index contributed by atoms with van der Waals surface area (Å²) >= 11 is 0. The Morgan fingerprint density at radius 1 is 0.435 bits per heavy atom. The molecule has 0 aliphatic rings. The first-order valence-corrected chi connectivity index (χ1v) is 29.9. The largest absolute Gasteiger partial charge is 0.544 e. The van der Waals surface area contributed by atoms with Crippen molar-refractivity contribution >= 4 is 17.9 Å². The zero-order valence-electron chi connectivity index (χ0n) is 46.5. The van der Waals surface area contributed by atoms with Gasteiger partial charge in [0, 0.05) is 19.3 Å². The number of ether oxygens (including phenoxy) is 3. The van der Waals surface area contributed by atoms with Gasteiger partial charge in [0.05, 0.1) is 40.3 Å². The number of aliphatic carboxylic acids is 1. The number of hydrogen-bond acceptors (Lipinski definition) is 7. The summed E-state index contributed by atoms with van der Waals surface area (Å²) in [5.74, 6) is -1.71. The van der Waals surface area contributed by atoms with E-state index in [1.165, 1.54) is 218 Å². The maximum atomic E-state index is 12.8. The van der Waals surface area contributed by atoms with E-state index in [0.29, 0.717) is 12.8 Å². The highest BCUT2D eigenvalue weighted by Gasteiger charge is 2.25. The zero-order valence-corrected chi connectivity index (χ0v) is 46.5. The minimum Gasteiger partial charge on any atom is -0.544 e. The molecule has 0 rings (SSSR count). The monoisotopic (exact) mass is 974 g/mol. The lowest BCUT2D eigenvalue weighted by molar-refractivity contribution is -0.889. The number of allylic oxidation sites excluding steroid dienone is 4. The second-order valence-corrected chi connectivity index (χ2v) is 21.6. The topological polar surface area (TPSA) is 102 Å². The van der Waals surface area contributed by atoms with Crippen molar-refractivity contribution in [2.45, 2.75) is 309 Å². The highest BCUT2D eigenvalue weighted by atomic mass is 16.6. The van der Waals surface area contributed by atoms with Gasteiger partial charge in [-0.15, -0.1) is 0 Å². The van der Waals surface area contributed by atoms with Crippen molar-refractivity contribution in [1.82, 2.24) is 0 Å². The van der Waals surface area contributed by atoms with Crippen molar-refractivity contribution in [1.29, 1.82) is 0 Å². The lowest BCUT2D eigenvalue weighted by Gasteiger charge is -2.34. The molecule has 69 heavy (non-hydrogen) atoms. The summed E-state index contributed by atoms with van der Waals surface area (Å²) in [6.07, 6.45) is 62.2. The van der Waals surface area contributed by atoms with Crippen LogP contribution in [-0.2, 0) is 28.6 Å². The third-order valence-corrected chi connectivity index (χ3v) is 13.8. The van der Waals surface area contributed by atoms with E-state index >= 15 is 0 Å². The van der Waals surface area contributed by atoms with Crippen molar-refractivity contribution < 1.29 is 38.2 Å². The molecule has 2 atom stereocenters. The van der Waals surface area contributed by atoms with Gasteiger partial charge < -0.3 is 28.6 Å². The molecule has 0 aromatic carbocycles. The molecule has 0 aromatic rings. The zero-order chi connectivity index (χ0) is 50.6. The highest BCUT2D eigenvalue weighted by Crippen LogP contribution is 2.17.